The Morgan fingerprint density at radius 1 is 1.31 bits per heavy atom. The van der Waals surface area contributed by atoms with E-state index in [1.807, 2.05) is 24.0 Å². The van der Waals surface area contributed by atoms with Gasteiger partial charge in [-0.15, -0.1) is 0 Å². The summed E-state index contributed by atoms with van der Waals surface area (Å²) >= 11 is 0. The Balaban J connectivity index is 1.87. The van der Waals surface area contributed by atoms with Crippen LogP contribution in [0.2, 0.25) is 0 Å². The summed E-state index contributed by atoms with van der Waals surface area (Å²) in [4.78, 5) is 21.2. The molecule has 2 aromatic rings. The molecule has 1 aliphatic carbocycles. The van der Waals surface area contributed by atoms with Crippen LogP contribution in [-0.2, 0) is 0 Å². The van der Waals surface area contributed by atoms with Crippen LogP contribution in [0.5, 0.6) is 5.75 Å². The number of carbonyl (C=O) groups is 1. The highest BCUT2D eigenvalue weighted by Gasteiger charge is 2.23. The first-order valence-corrected chi connectivity index (χ1v) is 9.09. The van der Waals surface area contributed by atoms with Crippen molar-refractivity contribution in [3.8, 4) is 5.75 Å². The van der Waals surface area contributed by atoms with Crippen LogP contribution >= 0.6 is 0 Å². The number of benzene rings is 1. The van der Waals surface area contributed by atoms with Crippen molar-refractivity contribution in [2.75, 3.05) is 18.1 Å². The molecule has 1 aromatic heterocycles. The lowest BCUT2D eigenvalue weighted by atomic mass is 10.0. The van der Waals surface area contributed by atoms with E-state index in [0.717, 1.165) is 23.6 Å². The van der Waals surface area contributed by atoms with E-state index >= 15 is 0 Å². The molecule has 6 heteroatoms. The van der Waals surface area contributed by atoms with Gasteiger partial charge in [-0.3, -0.25) is 0 Å². The molecular weight excluding hydrogens is 330 g/mol. The first-order valence-electron chi connectivity index (χ1n) is 9.09. The Labute approximate surface area is 153 Å². The van der Waals surface area contributed by atoms with Crippen molar-refractivity contribution in [2.45, 2.75) is 39.5 Å². The maximum atomic E-state index is 11.0. The summed E-state index contributed by atoms with van der Waals surface area (Å²) < 4.78 is 6.03. The van der Waals surface area contributed by atoms with Gasteiger partial charge in [-0.05, 0) is 55.4 Å². The molecule has 0 aliphatic heterocycles. The zero-order chi connectivity index (χ0) is 18.7. The third-order valence-electron chi connectivity index (χ3n) is 4.55. The quantitative estimate of drug-likeness (QED) is 0.763. The molecule has 1 heterocycles. The van der Waals surface area contributed by atoms with Gasteiger partial charge in [0.1, 0.15) is 5.75 Å². The highest BCUT2D eigenvalue weighted by molar-refractivity contribution is 5.85. The van der Waals surface area contributed by atoms with E-state index in [0.29, 0.717) is 24.2 Å². The van der Waals surface area contributed by atoms with Gasteiger partial charge in [0.25, 0.3) is 0 Å². The number of hydrogen-bond acceptors (Lipinski definition) is 5. The standard InChI is InChI=1S/C20H25N3O3/c1-4-23(19-11-21-17(10-22-19)20(24)25)15-7-8-18(16(9-15)13(2)3)26-12-14-5-6-14/h7-11,13-14H,4-6,12H2,1-3H3,(H,24,25). The molecule has 0 amide bonds. The molecule has 0 spiro atoms. The lowest BCUT2D eigenvalue weighted by Gasteiger charge is -2.24. The van der Waals surface area contributed by atoms with Gasteiger partial charge < -0.3 is 14.7 Å². The second-order valence-corrected chi connectivity index (χ2v) is 6.94. The average molecular weight is 355 g/mol. The van der Waals surface area contributed by atoms with Crippen LogP contribution in [0.15, 0.2) is 30.6 Å². The molecule has 26 heavy (non-hydrogen) atoms. The molecule has 1 N–H and O–H groups in total. The van der Waals surface area contributed by atoms with Crippen molar-refractivity contribution < 1.29 is 14.6 Å². The maximum absolute atomic E-state index is 11.0. The van der Waals surface area contributed by atoms with Gasteiger partial charge in [-0.25, -0.2) is 14.8 Å². The molecule has 0 bridgehead atoms. The number of anilines is 2. The van der Waals surface area contributed by atoms with Crippen molar-refractivity contribution in [3.05, 3.63) is 41.9 Å². The number of nitrogens with zero attached hydrogens (tertiary/aromatic N) is 3. The number of carboxylic acids is 1. The third kappa shape index (κ3) is 4.12. The number of aromatic nitrogens is 2. The summed E-state index contributed by atoms with van der Waals surface area (Å²) in [5.41, 5.74) is 2.10. The zero-order valence-electron chi connectivity index (χ0n) is 15.5. The number of carboxylic acid groups (broad SMARTS) is 1. The highest BCUT2D eigenvalue weighted by Crippen LogP contribution is 2.35. The molecule has 1 aromatic carbocycles. The fourth-order valence-corrected chi connectivity index (χ4v) is 2.83. The Kier molecular flexibility index (Phi) is 5.40. The molecule has 6 nitrogen and oxygen atoms in total. The summed E-state index contributed by atoms with van der Waals surface area (Å²) in [7, 11) is 0. The Morgan fingerprint density at radius 2 is 2.08 bits per heavy atom. The van der Waals surface area contributed by atoms with E-state index in [1.165, 1.54) is 25.2 Å². The minimum atomic E-state index is -1.08. The second kappa shape index (κ2) is 7.72. The number of hydrogen-bond donors (Lipinski definition) is 1. The van der Waals surface area contributed by atoms with E-state index < -0.39 is 5.97 Å². The monoisotopic (exact) mass is 355 g/mol. The van der Waals surface area contributed by atoms with Crippen LogP contribution in [0.1, 0.15) is 55.6 Å². The van der Waals surface area contributed by atoms with E-state index in [1.54, 1.807) is 0 Å². The van der Waals surface area contributed by atoms with Crippen molar-refractivity contribution >= 4 is 17.5 Å². The zero-order valence-corrected chi connectivity index (χ0v) is 15.5. The summed E-state index contributed by atoms with van der Waals surface area (Å²) in [5, 5.41) is 8.98. The maximum Gasteiger partial charge on any atom is 0.356 e. The molecule has 3 rings (SSSR count). The van der Waals surface area contributed by atoms with Gasteiger partial charge in [0.15, 0.2) is 11.5 Å². The molecular formula is C20H25N3O3. The van der Waals surface area contributed by atoms with Gasteiger partial charge in [-0.1, -0.05) is 13.8 Å². The predicted molar refractivity (Wildman–Crippen MR) is 100 cm³/mol. The Bertz CT molecular complexity index is 770. The molecule has 1 saturated carbocycles. The second-order valence-electron chi connectivity index (χ2n) is 6.94. The largest absolute Gasteiger partial charge is 0.493 e. The van der Waals surface area contributed by atoms with Crippen LogP contribution in [0.4, 0.5) is 11.5 Å². The van der Waals surface area contributed by atoms with Crippen molar-refractivity contribution in [3.63, 3.8) is 0 Å². The van der Waals surface area contributed by atoms with Crippen molar-refractivity contribution in [1.29, 1.82) is 0 Å². The summed E-state index contributed by atoms with van der Waals surface area (Å²) in [6.07, 6.45) is 5.32. The van der Waals surface area contributed by atoms with E-state index in [2.05, 4.69) is 29.9 Å². The van der Waals surface area contributed by atoms with Crippen molar-refractivity contribution in [2.24, 2.45) is 5.92 Å². The Hall–Kier alpha value is -2.63. The fraction of sp³-hybridized carbons (Fsp3) is 0.450. The number of rotatable bonds is 8. The first kappa shape index (κ1) is 18.2. The molecule has 0 saturated heterocycles. The predicted octanol–water partition coefficient (Wildman–Crippen LogP) is 4.25. The van der Waals surface area contributed by atoms with Gasteiger partial charge in [0, 0.05) is 12.2 Å². The molecule has 0 atom stereocenters. The third-order valence-corrected chi connectivity index (χ3v) is 4.55. The average Bonchev–Trinajstić information content (AvgIpc) is 3.46. The fourth-order valence-electron chi connectivity index (χ4n) is 2.83. The molecule has 138 valence electrons. The van der Waals surface area contributed by atoms with Crippen LogP contribution in [0, 0.1) is 5.92 Å². The van der Waals surface area contributed by atoms with Crippen LogP contribution in [0.3, 0.4) is 0 Å². The molecule has 0 radical (unpaired) electrons. The lowest BCUT2D eigenvalue weighted by molar-refractivity contribution is 0.0690. The summed E-state index contributed by atoms with van der Waals surface area (Å²) in [5.74, 6) is 1.54. The van der Waals surface area contributed by atoms with Gasteiger partial charge in [-0.2, -0.15) is 0 Å². The van der Waals surface area contributed by atoms with E-state index in [4.69, 9.17) is 9.84 Å². The highest BCUT2D eigenvalue weighted by atomic mass is 16.5. The molecule has 1 fully saturated rings. The minimum Gasteiger partial charge on any atom is -0.493 e. The summed E-state index contributed by atoms with van der Waals surface area (Å²) in [6.45, 7) is 7.82. The van der Waals surface area contributed by atoms with Gasteiger partial charge >= 0.3 is 5.97 Å². The van der Waals surface area contributed by atoms with Crippen LogP contribution in [0.25, 0.3) is 0 Å². The summed E-state index contributed by atoms with van der Waals surface area (Å²) in [6, 6.07) is 6.17. The number of ether oxygens (including phenoxy) is 1. The smallest absolute Gasteiger partial charge is 0.356 e. The topological polar surface area (TPSA) is 75.5 Å². The van der Waals surface area contributed by atoms with Crippen LogP contribution in [-0.4, -0.2) is 34.2 Å². The molecule has 0 unspecified atom stereocenters. The van der Waals surface area contributed by atoms with Gasteiger partial charge in [0.05, 0.1) is 19.0 Å². The molecule has 1 aliphatic rings. The number of aromatic carboxylic acids is 1. The normalized spacial score (nSPS) is 13.7. The van der Waals surface area contributed by atoms with E-state index in [9.17, 15) is 4.79 Å². The lowest BCUT2D eigenvalue weighted by Crippen LogP contribution is -2.18. The van der Waals surface area contributed by atoms with Crippen molar-refractivity contribution in [1.82, 2.24) is 9.97 Å². The first-order chi connectivity index (χ1) is 12.5. The van der Waals surface area contributed by atoms with Gasteiger partial charge in [0.2, 0.25) is 0 Å². The SMILES string of the molecule is CCN(c1ccc(OCC2CC2)c(C(C)C)c1)c1cnc(C(=O)O)cn1. The minimum absolute atomic E-state index is 0.0588. The van der Waals surface area contributed by atoms with E-state index in [-0.39, 0.29) is 5.69 Å². The Morgan fingerprint density at radius 3 is 2.62 bits per heavy atom. The van der Waals surface area contributed by atoms with Crippen LogP contribution < -0.4 is 9.64 Å².